The molecule has 2 atom stereocenters. The quantitative estimate of drug-likeness (QED) is 0.817. The Labute approximate surface area is 172 Å². The monoisotopic (exact) mass is 400 g/mol. The van der Waals surface area contributed by atoms with Crippen LogP contribution in [0.2, 0.25) is 0 Å². The van der Waals surface area contributed by atoms with Gasteiger partial charge >= 0.3 is 6.03 Å². The van der Waals surface area contributed by atoms with Gasteiger partial charge in [0.2, 0.25) is 5.91 Å². The lowest BCUT2D eigenvalue weighted by atomic mass is 9.65. The first-order valence-corrected chi connectivity index (χ1v) is 10.5. The van der Waals surface area contributed by atoms with Crippen molar-refractivity contribution in [2.24, 2.45) is 16.7 Å². The lowest BCUT2D eigenvalue weighted by molar-refractivity contribution is -0.132. The van der Waals surface area contributed by atoms with E-state index in [1.165, 1.54) is 0 Å². The number of hydrogen-bond donors (Lipinski definition) is 2. The SMILES string of the molecule is CNC(=O)[C@@]12CCC3(CCN(C(=O)Nc4cccc(OC)c4)CC3)[C@@H]1CN(C)C2. The van der Waals surface area contributed by atoms with Crippen molar-refractivity contribution in [1.82, 2.24) is 15.1 Å². The molecular weight excluding hydrogens is 368 g/mol. The highest BCUT2D eigenvalue weighted by molar-refractivity contribution is 5.89. The number of nitrogens with one attached hydrogen (secondary N) is 2. The minimum absolute atomic E-state index is 0.0628. The molecule has 158 valence electrons. The van der Waals surface area contributed by atoms with Crippen LogP contribution in [-0.2, 0) is 4.79 Å². The van der Waals surface area contributed by atoms with E-state index in [2.05, 4.69) is 22.6 Å². The highest BCUT2D eigenvalue weighted by atomic mass is 16.5. The first-order valence-electron chi connectivity index (χ1n) is 10.5. The van der Waals surface area contributed by atoms with Crippen LogP contribution in [0.1, 0.15) is 25.7 Å². The molecular formula is C22H32N4O3. The highest BCUT2D eigenvalue weighted by Gasteiger charge is 2.63. The Kier molecular flexibility index (Phi) is 5.19. The zero-order valence-electron chi connectivity index (χ0n) is 17.7. The number of carbonyl (C=O) groups excluding carboxylic acids is 2. The van der Waals surface area contributed by atoms with Crippen LogP contribution in [0.5, 0.6) is 5.75 Å². The molecule has 29 heavy (non-hydrogen) atoms. The molecule has 0 bridgehead atoms. The normalized spacial score (nSPS) is 28.2. The van der Waals surface area contributed by atoms with Gasteiger partial charge < -0.3 is 25.2 Å². The maximum Gasteiger partial charge on any atom is 0.321 e. The summed E-state index contributed by atoms with van der Waals surface area (Å²) in [4.78, 5) is 29.8. The fourth-order valence-corrected chi connectivity index (χ4v) is 6.07. The van der Waals surface area contributed by atoms with E-state index in [1.807, 2.05) is 29.2 Å². The number of benzene rings is 1. The van der Waals surface area contributed by atoms with Gasteiger partial charge in [-0.05, 0) is 56.2 Å². The van der Waals surface area contributed by atoms with Gasteiger partial charge in [-0.1, -0.05) is 6.07 Å². The van der Waals surface area contributed by atoms with Crippen LogP contribution in [0.15, 0.2) is 24.3 Å². The van der Waals surface area contributed by atoms with E-state index in [1.54, 1.807) is 14.2 Å². The van der Waals surface area contributed by atoms with Gasteiger partial charge in [-0.15, -0.1) is 0 Å². The second kappa shape index (κ2) is 7.52. The molecule has 1 aromatic rings. The topological polar surface area (TPSA) is 73.9 Å². The zero-order chi connectivity index (χ0) is 20.6. The van der Waals surface area contributed by atoms with Gasteiger partial charge in [0.15, 0.2) is 0 Å². The van der Waals surface area contributed by atoms with Gasteiger partial charge in [-0.25, -0.2) is 4.79 Å². The van der Waals surface area contributed by atoms with Crippen LogP contribution in [0, 0.1) is 16.7 Å². The first-order chi connectivity index (χ1) is 13.9. The number of urea groups is 1. The molecule has 1 aromatic carbocycles. The van der Waals surface area contributed by atoms with Gasteiger partial charge in [0.25, 0.3) is 0 Å². The number of rotatable bonds is 3. The van der Waals surface area contributed by atoms with Crippen LogP contribution in [-0.4, -0.2) is 69.1 Å². The number of fused-ring (bicyclic) bond motifs is 2. The van der Waals surface area contributed by atoms with Crippen LogP contribution >= 0.6 is 0 Å². The number of hydrogen-bond acceptors (Lipinski definition) is 4. The molecule has 3 amide bonds. The predicted molar refractivity (Wildman–Crippen MR) is 112 cm³/mol. The molecule has 1 aliphatic carbocycles. The van der Waals surface area contributed by atoms with Gasteiger partial charge in [-0.2, -0.15) is 0 Å². The number of nitrogens with zero attached hydrogens (tertiary/aromatic N) is 2. The Hall–Kier alpha value is -2.28. The second-order valence-electron chi connectivity index (χ2n) is 9.00. The summed E-state index contributed by atoms with van der Waals surface area (Å²) in [5.74, 6) is 1.30. The molecule has 2 saturated heterocycles. The molecule has 2 N–H and O–H groups in total. The zero-order valence-corrected chi connectivity index (χ0v) is 17.7. The van der Waals surface area contributed by atoms with E-state index < -0.39 is 0 Å². The third-order valence-corrected chi connectivity index (χ3v) is 7.57. The largest absolute Gasteiger partial charge is 0.497 e. The van der Waals surface area contributed by atoms with Gasteiger partial charge in [-0.3, -0.25) is 4.79 Å². The van der Waals surface area contributed by atoms with Gasteiger partial charge in [0.05, 0.1) is 12.5 Å². The summed E-state index contributed by atoms with van der Waals surface area (Å²) < 4.78 is 5.23. The number of amides is 3. The summed E-state index contributed by atoms with van der Waals surface area (Å²) in [5, 5.41) is 5.91. The predicted octanol–water partition coefficient (Wildman–Crippen LogP) is 2.40. The molecule has 3 aliphatic rings. The molecule has 7 nitrogen and oxygen atoms in total. The van der Waals surface area contributed by atoms with Crippen molar-refractivity contribution in [1.29, 1.82) is 0 Å². The lowest BCUT2D eigenvalue weighted by Gasteiger charge is -2.44. The van der Waals surface area contributed by atoms with Crippen molar-refractivity contribution < 1.29 is 14.3 Å². The molecule has 0 aromatic heterocycles. The van der Waals surface area contributed by atoms with Crippen LogP contribution in [0.25, 0.3) is 0 Å². The summed E-state index contributed by atoms with van der Waals surface area (Å²) >= 11 is 0. The Morgan fingerprint density at radius 3 is 2.62 bits per heavy atom. The summed E-state index contributed by atoms with van der Waals surface area (Å²) in [5.41, 5.74) is 0.657. The van der Waals surface area contributed by atoms with Crippen molar-refractivity contribution in [3.05, 3.63) is 24.3 Å². The van der Waals surface area contributed by atoms with Crippen molar-refractivity contribution in [2.45, 2.75) is 25.7 Å². The van der Waals surface area contributed by atoms with Crippen molar-refractivity contribution in [3.63, 3.8) is 0 Å². The van der Waals surface area contributed by atoms with Crippen LogP contribution < -0.4 is 15.4 Å². The molecule has 3 fully saturated rings. The molecule has 1 saturated carbocycles. The Balaban J connectivity index is 1.42. The molecule has 1 spiro atoms. The first kappa shape index (κ1) is 20.0. The summed E-state index contributed by atoms with van der Waals surface area (Å²) in [7, 11) is 5.49. The summed E-state index contributed by atoms with van der Waals surface area (Å²) in [6.45, 7) is 3.29. The van der Waals surface area contributed by atoms with E-state index >= 15 is 0 Å². The fraction of sp³-hybridized carbons (Fsp3) is 0.636. The minimum Gasteiger partial charge on any atom is -0.497 e. The average molecular weight is 401 g/mol. The van der Waals surface area contributed by atoms with E-state index in [0.717, 1.165) is 63.3 Å². The van der Waals surface area contributed by atoms with Crippen LogP contribution in [0.3, 0.4) is 0 Å². The lowest BCUT2D eigenvalue weighted by Crippen LogP contribution is -2.50. The summed E-state index contributed by atoms with van der Waals surface area (Å²) in [6, 6.07) is 7.36. The highest BCUT2D eigenvalue weighted by Crippen LogP contribution is 2.61. The second-order valence-corrected chi connectivity index (χ2v) is 9.00. The molecule has 0 unspecified atom stereocenters. The Bertz CT molecular complexity index is 790. The van der Waals surface area contributed by atoms with E-state index in [4.69, 9.17) is 4.74 Å². The molecule has 2 heterocycles. The number of anilines is 1. The number of methoxy groups -OCH3 is 1. The van der Waals surface area contributed by atoms with E-state index in [-0.39, 0.29) is 22.8 Å². The van der Waals surface area contributed by atoms with Crippen molar-refractivity contribution >= 4 is 17.6 Å². The standard InChI is InChI=1S/C22H32N4O3/c1-23-19(27)22-8-7-21(18(22)14-25(2)15-22)9-11-26(12-10-21)20(28)24-16-5-4-6-17(13-16)29-3/h4-6,13,18H,7-12,14-15H2,1-3H3,(H,23,27)(H,24,28)/t18-,22+/m0/s1. The van der Waals surface area contributed by atoms with Gasteiger partial charge in [0.1, 0.15) is 5.75 Å². The number of likely N-dealkylation sites (tertiary alicyclic amines) is 2. The maximum absolute atomic E-state index is 12.8. The van der Waals surface area contributed by atoms with Gasteiger partial charge in [0, 0.05) is 45.0 Å². The third kappa shape index (κ3) is 3.35. The van der Waals surface area contributed by atoms with Crippen molar-refractivity contribution in [2.75, 3.05) is 52.7 Å². The van der Waals surface area contributed by atoms with E-state index in [0.29, 0.717) is 5.92 Å². The molecule has 4 rings (SSSR count). The van der Waals surface area contributed by atoms with Crippen LogP contribution in [0.4, 0.5) is 10.5 Å². The Morgan fingerprint density at radius 1 is 1.17 bits per heavy atom. The smallest absolute Gasteiger partial charge is 0.321 e. The maximum atomic E-state index is 12.8. The molecule has 0 radical (unpaired) electrons. The van der Waals surface area contributed by atoms with E-state index in [9.17, 15) is 9.59 Å². The Morgan fingerprint density at radius 2 is 1.93 bits per heavy atom. The summed E-state index contributed by atoms with van der Waals surface area (Å²) in [6.07, 6.45) is 3.98. The number of ether oxygens (including phenoxy) is 1. The van der Waals surface area contributed by atoms with Crippen molar-refractivity contribution in [3.8, 4) is 5.75 Å². The number of carbonyl (C=O) groups is 2. The molecule has 7 heteroatoms. The average Bonchev–Trinajstić information content (AvgIpc) is 3.23. The third-order valence-electron chi connectivity index (χ3n) is 7.57. The molecule has 2 aliphatic heterocycles. The minimum atomic E-state index is -0.255. The fourth-order valence-electron chi connectivity index (χ4n) is 6.07. The number of piperidine rings is 1.